The molecule has 10 heteroatoms. The molecular formula is C12Br6O4. The Morgan fingerprint density at radius 2 is 0.818 bits per heavy atom. The summed E-state index contributed by atoms with van der Waals surface area (Å²) in [7, 11) is 0. The quantitative estimate of drug-likeness (QED) is 0.119. The molecule has 1 aromatic rings. The van der Waals surface area contributed by atoms with E-state index in [1.54, 1.807) is 0 Å². The topological polar surface area (TPSA) is 60.4 Å². The molecule has 0 unspecified atom stereocenters. The fourth-order valence-corrected chi connectivity index (χ4v) is 4.85. The smallest absolute Gasteiger partial charge is 0.245 e. The largest absolute Gasteiger partial charge is 0.447 e. The Morgan fingerprint density at radius 3 is 1.14 bits per heavy atom. The molecule has 0 saturated carbocycles. The van der Waals surface area contributed by atoms with E-state index in [-0.39, 0.29) is 20.5 Å². The monoisotopic (exact) mass is 681 g/mol. The van der Waals surface area contributed by atoms with Crippen molar-refractivity contribution in [1.29, 1.82) is 0 Å². The lowest BCUT2D eigenvalue weighted by molar-refractivity contribution is 0.514. The first-order valence-corrected chi connectivity index (χ1v) is 10.1. The summed E-state index contributed by atoms with van der Waals surface area (Å²) in [4.78, 5) is 23.8. The molecule has 0 aromatic heterocycles. The molecule has 114 valence electrons. The van der Waals surface area contributed by atoms with Gasteiger partial charge in [-0.2, -0.15) is 0 Å². The van der Waals surface area contributed by atoms with Gasteiger partial charge in [-0.3, -0.25) is 9.59 Å². The van der Waals surface area contributed by atoms with E-state index in [1.165, 1.54) is 0 Å². The predicted octanol–water partition coefficient (Wildman–Crippen LogP) is 6.43. The molecule has 0 saturated heterocycles. The van der Waals surface area contributed by atoms with Crippen LogP contribution in [-0.4, -0.2) is 0 Å². The van der Waals surface area contributed by atoms with Crippen molar-refractivity contribution in [1.82, 2.24) is 0 Å². The summed E-state index contributed by atoms with van der Waals surface area (Å²) in [5, 5.41) is 0. The van der Waals surface area contributed by atoms with Gasteiger partial charge in [-0.15, -0.1) is 0 Å². The second-order valence-electron chi connectivity index (χ2n) is 4.06. The van der Waals surface area contributed by atoms with Crippen LogP contribution in [0.4, 0.5) is 0 Å². The summed E-state index contributed by atoms with van der Waals surface area (Å²) in [6.45, 7) is 0. The summed E-state index contributed by atoms with van der Waals surface area (Å²) in [6, 6.07) is 0. The lowest BCUT2D eigenvalue weighted by Gasteiger charge is -2.13. The van der Waals surface area contributed by atoms with E-state index in [1.807, 2.05) is 0 Å². The highest BCUT2D eigenvalue weighted by molar-refractivity contribution is 9.15. The number of fused-ring (bicyclic) bond motifs is 2. The second-order valence-corrected chi connectivity index (χ2v) is 8.82. The Balaban J connectivity index is 2.68. The van der Waals surface area contributed by atoms with Gasteiger partial charge >= 0.3 is 0 Å². The SMILES string of the molecule is O=c1c(Br)c2oc3c(Br)c(Br)c(Br)c(Br)c3oc-2c(Br)c1=O. The number of hydrogen-bond acceptors (Lipinski definition) is 4. The van der Waals surface area contributed by atoms with Crippen LogP contribution in [0.2, 0.25) is 0 Å². The molecule has 22 heavy (non-hydrogen) atoms. The van der Waals surface area contributed by atoms with Crippen LogP contribution in [0.3, 0.4) is 0 Å². The van der Waals surface area contributed by atoms with Gasteiger partial charge < -0.3 is 8.83 Å². The van der Waals surface area contributed by atoms with Crippen molar-refractivity contribution >= 4 is 107 Å². The molecule has 0 atom stereocenters. The highest BCUT2D eigenvalue weighted by Crippen LogP contribution is 2.46. The third-order valence-electron chi connectivity index (χ3n) is 2.80. The summed E-state index contributed by atoms with van der Waals surface area (Å²) in [5.74, 6) is 0.289. The molecule has 0 N–H and O–H groups in total. The number of rotatable bonds is 0. The van der Waals surface area contributed by atoms with Gasteiger partial charge in [-0.1, -0.05) is 0 Å². The minimum absolute atomic E-state index is 0.0170. The van der Waals surface area contributed by atoms with E-state index in [0.717, 1.165) is 0 Å². The Labute approximate surface area is 172 Å². The van der Waals surface area contributed by atoms with Crippen molar-refractivity contribution in [3.05, 3.63) is 47.3 Å². The lowest BCUT2D eigenvalue weighted by Crippen LogP contribution is -2.26. The molecule has 0 fully saturated rings. The van der Waals surface area contributed by atoms with Gasteiger partial charge in [0.05, 0.1) is 17.9 Å². The molecule has 2 aliphatic rings. The van der Waals surface area contributed by atoms with Crippen LogP contribution in [0.1, 0.15) is 0 Å². The first-order chi connectivity index (χ1) is 10.3. The zero-order valence-electron chi connectivity index (χ0n) is 9.90. The first kappa shape index (κ1) is 17.3. The van der Waals surface area contributed by atoms with E-state index < -0.39 is 10.9 Å². The Hall–Kier alpha value is 0.520. The van der Waals surface area contributed by atoms with Crippen molar-refractivity contribution < 1.29 is 8.83 Å². The first-order valence-electron chi connectivity index (χ1n) is 5.36. The summed E-state index contributed by atoms with van der Waals surface area (Å²) in [5.41, 5.74) is -0.659. The summed E-state index contributed by atoms with van der Waals surface area (Å²) in [6.07, 6.45) is 0. The van der Waals surface area contributed by atoms with E-state index in [9.17, 15) is 9.59 Å². The van der Waals surface area contributed by atoms with Crippen LogP contribution in [0, 0.1) is 0 Å². The molecule has 0 bridgehead atoms. The molecule has 4 nitrogen and oxygen atoms in total. The fourth-order valence-electron chi connectivity index (χ4n) is 1.77. The number of halogens is 6. The summed E-state index contributed by atoms with van der Waals surface area (Å²) < 4.78 is 14.3. The minimum atomic E-state index is -0.705. The fraction of sp³-hybridized carbons (Fsp3) is 0. The van der Waals surface area contributed by atoms with Gasteiger partial charge in [0.2, 0.25) is 10.9 Å². The molecule has 1 aromatic carbocycles. The zero-order chi connectivity index (χ0) is 16.3. The van der Waals surface area contributed by atoms with Gasteiger partial charge in [0.25, 0.3) is 0 Å². The van der Waals surface area contributed by atoms with Crippen LogP contribution in [0.25, 0.3) is 22.7 Å². The minimum Gasteiger partial charge on any atom is -0.447 e. The number of hydrogen-bond donors (Lipinski definition) is 0. The maximum absolute atomic E-state index is 11.9. The highest BCUT2D eigenvalue weighted by Gasteiger charge is 2.27. The van der Waals surface area contributed by atoms with E-state index in [2.05, 4.69) is 95.6 Å². The van der Waals surface area contributed by atoms with Crippen LogP contribution in [0.15, 0.2) is 45.3 Å². The van der Waals surface area contributed by atoms with Gasteiger partial charge in [0, 0.05) is 0 Å². The molecule has 1 heterocycles. The Kier molecular flexibility index (Phi) is 4.82. The second kappa shape index (κ2) is 6.11. The standard InChI is InChI=1S/C12Br6O4/c13-1-2(14)4(16)10-9(3(1)15)21-11-5(17)7(19)8(20)6(18)12(11)22-10. The molecular weight excluding hydrogens is 688 g/mol. The van der Waals surface area contributed by atoms with Crippen molar-refractivity contribution in [3.8, 4) is 11.5 Å². The zero-order valence-corrected chi connectivity index (χ0v) is 19.4. The molecule has 0 spiro atoms. The van der Waals surface area contributed by atoms with Crippen molar-refractivity contribution in [2.75, 3.05) is 0 Å². The number of benzene rings is 2. The predicted molar refractivity (Wildman–Crippen MR) is 104 cm³/mol. The van der Waals surface area contributed by atoms with Crippen LogP contribution in [0.5, 0.6) is 0 Å². The summed E-state index contributed by atoms with van der Waals surface area (Å²) >= 11 is 19.8. The van der Waals surface area contributed by atoms with Gasteiger partial charge in [0.15, 0.2) is 22.7 Å². The van der Waals surface area contributed by atoms with Gasteiger partial charge in [-0.25, -0.2) is 0 Å². The van der Waals surface area contributed by atoms with E-state index >= 15 is 0 Å². The molecule has 0 amide bonds. The molecule has 1 aliphatic carbocycles. The van der Waals surface area contributed by atoms with Gasteiger partial charge in [-0.05, 0) is 95.6 Å². The van der Waals surface area contributed by atoms with E-state index in [4.69, 9.17) is 8.83 Å². The third-order valence-corrected chi connectivity index (χ3v) is 8.94. The van der Waals surface area contributed by atoms with E-state index in [0.29, 0.717) is 29.1 Å². The van der Waals surface area contributed by atoms with Crippen molar-refractivity contribution in [2.24, 2.45) is 0 Å². The lowest BCUT2D eigenvalue weighted by atomic mass is 10.2. The normalized spacial score (nSPS) is 11.5. The average Bonchev–Trinajstić information content (AvgIpc) is 2.52. The van der Waals surface area contributed by atoms with Crippen molar-refractivity contribution in [2.45, 2.75) is 0 Å². The molecule has 0 radical (unpaired) electrons. The maximum atomic E-state index is 11.9. The average molecular weight is 688 g/mol. The van der Waals surface area contributed by atoms with Crippen LogP contribution in [-0.2, 0) is 0 Å². The van der Waals surface area contributed by atoms with Crippen molar-refractivity contribution in [3.63, 3.8) is 0 Å². The molecule has 1 aliphatic heterocycles. The van der Waals surface area contributed by atoms with Crippen LogP contribution >= 0.6 is 95.6 Å². The Bertz CT molecular complexity index is 952. The molecule has 3 rings (SSSR count). The Morgan fingerprint density at radius 1 is 0.500 bits per heavy atom. The third kappa shape index (κ3) is 2.45. The van der Waals surface area contributed by atoms with Gasteiger partial charge in [0.1, 0.15) is 8.95 Å². The van der Waals surface area contributed by atoms with Crippen LogP contribution < -0.4 is 10.9 Å². The highest BCUT2D eigenvalue weighted by atomic mass is 79.9. The maximum Gasteiger partial charge on any atom is 0.245 e.